The normalized spacial score (nSPS) is 18.6. The van der Waals surface area contributed by atoms with E-state index in [0.29, 0.717) is 12.0 Å². The molecule has 0 aromatic heterocycles. The Kier molecular flexibility index (Phi) is 5.56. The molecule has 1 heterocycles. The summed E-state index contributed by atoms with van der Waals surface area (Å²) in [5.41, 5.74) is 7.69. The highest BCUT2D eigenvalue weighted by molar-refractivity contribution is 5.86. The largest absolute Gasteiger partial charge is 0.378 e. The van der Waals surface area contributed by atoms with E-state index in [1.165, 1.54) is 34.5 Å². The lowest BCUT2D eigenvalue weighted by Crippen LogP contribution is -2.51. The third kappa shape index (κ3) is 3.94. The van der Waals surface area contributed by atoms with Gasteiger partial charge in [0, 0.05) is 43.3 Å². The molecule has 0 radical (unpaired) electrons. The monoisotopic (exact) mass is 377 g/mol. The maximum atomic E-state index is 4.74. The first-order valence-electron chi connectivity index (χ1n) is 10.4. The van der Waals surface area contributed by atoms with Gasteiger partial charge < -0.3 is 9.80 Å². The number of rotatable bonds is 4. The van der Waals surface area contributed by atoms with Crippen LogP contribution in [0, 0.1) is 6.92 Å². The number of benzene rings is 2. The van der Waals surface area contributed by atoms with E-state index >= 15 is 0 Å². The molecule has 0 bridgehead atoms. The van der Waals surface area contributed by atoms with Gasteiger partial charge in [-0.15, -0.1) is 0 Å². The van der Waals surface area contributed by atoms with Crippen molar-refractivity contribution in [1.29, 1.82) is 0 Å². The minimum absolute atomic E-state index is 0.177. The molecular weight excluding hydrogens is 342 g/mol. The summed E-state index contributed by atoms with van der Waals surface area (Å²) in [6, 6.07) is 13.6. The van der Waals surface area contributed by atoms with Gasteiger partial charge in [0.1, 0.15) is 0 Å². The molecule has 0 spiro atoms. The van der Waals surface area contributed by atoms with Crippen molar-refractivity contribution >= 4 is 23.3 Å². The van der Waals surface area contributed by atoms with Crippen molar-refractivity contribution < 1.29 is 0 Å². The fourth-order valence-corrected chi connectivity index (χ4v) is 4.71. The molecule has 0 fully saturated rings. The second-order valence-electron chi connectivity index (χ2n) is 9.32. The van der Waals surface area contributed by atoms with Crippen molar-refractivity contribution in [2.24, 2.45) is 4.99 Å². The minimum Gasteiger partial charge on any atom is -0.378 e. The van der Waals surface area contributed by atoms with Gasteiger partial charge in [0.25, 0.3) is 0 Å². The minimum atomic E-state index is 0.177. The number of aliphatic imine (C=N–C) groups is 1. The van der Waals surface area contributed by atoms with E-state index < -0.39 is 0 Å². The summed E-state index contributed by atoms with van der Waals surface area (Å²) in [4.78, 5) is 9.43. The van der Waals surface area contributed by atoms with Gasteiger partial charge in [-0.3, -0.25) is 4.99 Å². The van der Waals surface area contributed by atoms with Crippen molar-refractivity contribution in [1.82, 2.24) is 0 Å². The Morgan fingerprint density at radius 1 is 1.14 bits per heavy atom. The fourth-order valence-electron chi connectivity index (χ4n) is 4.71. The van der Waals surface area contributed by atoms with E-state index in [0.717, 1.165) is 5.69 Å². The van der Waals surface area contributed by atoms with Crippen LogP contribution in [0.3, 0.4) is 0 Å². The summed E-state index contributed by atoms with van der Waals surface area (Å²) in [7, 11) is 4.11. The summed E-state index contributed by atoms with van der Waals surface area (Å²) in [5.74, 6) is 0.548. The average Bonchev–Trinajstić information content (AvgIpc) is 2.59. The van der Waals surface area contributed by atoms with Gasteiger partial charge in [0.15, 0.2) is 0 Å². The molecular formula is C25H35N3. The Morgan fingerprint density at radius 2 is 1.79 bits per heavy atom. The van der Waals surface area contributed by atoms with Crippen LogP contribution in [0.4, 0.5) is 17.1 Å². The number of fused-ring (bicyclic) bond motifs is 1. The van der Waals surface area contributed by atoms with Gasteiger partial charge in [-0.1, -0.05) is 6.92 Å². The van der Waals surface area contributed by atoms with E-state index in [2.05, 4.69) is 102 Å². The molecule has 0 aliphatic carbocycles. The summed E-state index contributed by atoms with van der Waals surface area (Å²) in [5, 5.41) is 0. The smallest absolute Gasteiger partial charge is 0.0631 e. The first kappa shape index (κ1) is 20.4. The van der Waals surface area contributed by atoms with Crippen LogP contribution < -0.4 is 9.80 Å². The second kappa shape index (κ2) is 7.62. The van der Waals surface area contributed by atoms with Crippen LogP contribution in [0.5, 0.6) is 0 Å². The van der Waals surface area contributed by atoms with E-state index in [9.17, 15) is 0 Å². The van der Waals surface area contributed by atoms with Crippen molar-refractivity contribution in [3.8, 4) is 0 Å². The molecule has 0 unspecified atom stereocenters. The summed E-state index contributed by atoms with van der Waals surface area (Å²) < 4.78 is 0. The Hall–Kier alpha value is -2.29. The lowest BCUT2D eigenvalue weighted by atomic mass is 9.78. The van der Waals surface area contributed by atoms with Crippen LogP contribution in [-0.4, -0.2) is 31.9 Å². The topological polar surface area (TPSA) is 18.8 Å². The third-order valence-electron chi connectivity index (χ3n) is 5.90. The average molecular weight is 378 g/mol. The predicted octanol–water partition coefficient (Wildman–Crippen LogP) is 6.31. The Morgan fingerprint density at radius 3 is 2.36 bits per heavy atom. The van der Waals surface area contributed by atoms with Crippen molar-refractivity contribution in [3.63, 3.8) is 0 Å². The van der Waals surface area contributed by atoms with Gasteiger partial charge in [0.2, 0.25) is 0 Å². The zero-order valence-corrected chi connectivity index (χ0v) is 18.7. The van der Waals surface area contributed by atoms with Crippen LogP contribution in [0.15, 0.2) is 41.4 Å². The Bertz CT molecular complexity index is 860. The van der Waals surface area contributed by atoms with Crippen molar-refractivity contribution in [2.45, 2.75) is 65.5 Å². The van der Waals surface area contributed by atoms with Crippen LogP contribution in [0.25, 0.3) is 0 Å². The van der Waals surface area contributed by atoms with E-state index in [-0.39, 0.29) is 5.54 Å². The van der Waals surface area contributed by atoms with Crippen LogP contribution in [0.1, 0.15) is 63.6 Å². The number of hydrogen-bond donors (Lipinski definition) is 0. The van der Waals surface area contributed by atoms with Gasteiger partial charge in [-0.05, 0) is 100 Å². The predicted molar refractivity (Wildman–Crippen MR) is 124 cm³/mol. The second-order valence-corrected chi connectivity index (χ2v) is 9.32. The standard InChI is InChI=1S/C25H35N3/c1-17(2)28-24-13-18(3)20(14-23(24)19(4)15-25(28,5)6)16-26-21-9-11-22(12-10-21)27(7)8/h9-14,16-17,19H,15H2,1-8H3/t19-/m0/s1. The van der Waals surface area contributed by atoms with Gasteiger partial charge in [-0.2, -0.15) is 0 Å². The van der Waals surface area contributed by atoms with Gasteiger partial charge >= 0.3 is 0 Å². The lowest BCUT2D eigenvalue weighted by molar-refractivity contribution is 0.356. The quantitative estimate of drug-likeness (QED) is 0.581. The lowest BCUT2D eigenvalue weighted by Gasteiger charge is -2.50. The number of hydrogen-bond acceptors (Lipinski definition) is 3. The highest BCUT2D eigenvalue weighted by Crippen LogP contribution is 2.45. The zero-order chi connectivity index (χ0) is 20.6. The van der Waals surface area contributed by atoms with Crippen molar-refractivity contribution in [3.05, 3.63) is 53.1 Å². The molecule has 1 atom stereocenters. The van der Waals surface area contributed by atoms with E-state index in [1.54, 1.807) is 0 Å². The van der Waals surface area contributed by atoms with Crippen LogP contribution in [0.2, 0.25) is 0 Å². The molecule has 2 aromatic carbocycles. The van der Waals surface area contributed by atoms with Crippen molar-refractivity contribution in [2.75, 3.05) is 23.9 Å². The Labute approximate surface area is 171 Å². The summed E-state index contributed by atoms with van der Waals surface area (Å²) in [6.07, 6.45) is 3.19. The molecule has 0 amide bonds. The van der Waals surface area contributed by atoms with E-state index in [1.807, 2.05) is 6.21 Å². The molecule has 1 aliphatic rings. The number of anilines is 2. The molecule has 3 heteroatoms. The highest BCUT2D eigenvalue weighted by Gasteiger charge is 2.37. The third-order valence-corrected chi connectivity index (χ3v) is 5.90. The highest BCUT2D eigenvalue weighted by atomic mass is 15.2. The summed E-state index contributed by atoms with van der Waals surface area (Å²) >= 11 is 0. The maximum Gasteiger partial charge on any atom is 0.0631 e. The van der Waals surface area contributed by atoms with Crippen LogP contribution >= 0.6 is 0 Å². The first-order chi connectivity index (χ1) is 13.1. The molecule has 3 nitrogen and oxygen atoms in total. The molecule has 150 valence electrons. The number of aryl methyl sites for hydroxylation is 1. The van der Waals surface area contributed by atoms with Gasteiger partial charge in [0.05, 0.1) is 5.69 Å². The SMILES string of the molecule is Cc1cc2c(cc1C=Nc1ccc(N(C)C)cc1)[C@@H](C)CC(C)(C)N2C(C)C. The zero-order valence-electron chi connectivity index (χ0n) is 18.7. The molecule has 0 N–H and O–H groups in total. The van der Waals surface area contributed by atoms with Crippen LogP contribution in [-0.2, 0) is 0 Å². The van der Waals surface area contributed by atoms with Gasteiger partial charge in [-0.25, -0.2) is 0 Å². The molecule has 2 aromatic rings. The molecule has 0 saturated carbocycles. The molecule has 1 aliphatic heterocycles. The molecule has 3 rings (SSSR count). The summed E-state index contributed by atoms with van der Waals surface area (Å²) in [6.45, 7) is 13.9. The molecule has 28 heavy (non-hydrogen) atoms. The Balaban J connectivity index is 1.95. The first-order valence-corrected chi connectivity index (χ1v) is 10.4. The fraction of sp³-hybridized carbons (Fsp3) is 0.480. The number of nitrogens with zero attached hydrogens (tertiary/aromatic N) is 3. The maximum absolute atomic E-state index is 4.74. The van der Waals surface area contributed by atoms with E-state index in [4.69, 9.17) is 4.99 Å². The molecule has 0 saturated heterocycles.